The van der Waals surface area contributed by atoms with E-state index in [-0.39, 0.29) is 57.0 Å². The van der Waals surface area contributed by atoms with E-state index in [0.29, 0.717) is 11.3 Å². The van der Waals surface area contributed by atoms with Gasteiger partial charge in [0.1, 0.15) is 17.0 Å². The van der Waals surface area contributed by atoms with Gasteiger partial charge in [-0.2, -0.15) is 0 Å². The molecule has 0 radical (unpaired) electrons. The van der Waals surface area contributed by atoms with E-state index in [1.54, 1.807) is 25.1 Å². The number of nitrogens with zero attached hydrogens (tertiary/aromatic N) is 1. The molecule has 302 valence electrons. The zero-order chi connectivity index (χ0) is 42.8. The highest BCUT2D eigenvalue weighted by molar-refractivity contribution is 6.10. The first kappa shape index (κ1) is 41.7. The second-order valence-electron chi connectivity index (χ2n) is 12.4. The molecule has 18 nitrogen and oxygen atoms in total. The number of methoxy groups -OCH3 is 2. The molecule has 0 bridgehead atoms. The highest BCUT2D eigenvalue weighted by Gasteiger charge is 2.24. The molecule has 0 unspecified atom stereocenters. The number of anilines is 4. The van der Waals surface area contributed by atoms with Crippen LogP contribution in [-0.2, 0) is 9.59 Å². The number of hydrogen-bond donors (Lipinski definition) is 9. The number of aromatic nitrogens is 1. The van der Waals surface area contributed by atoms with Crippen molar-refractivity contribution >= 4 is 64.3 Å². The smallest absolute Gasteiger partial charge is 0.339 e. The molecule has 0 spiro atoms. The Labute approximate surface area is 335 Å². The number of rotatable bonds is 14. The number of benzene rings is 4. The summed E-state index contributed by atoms with van der Waals surface area (Å²) < 4.78 is 10.3. The molecule has 5 rings (SSSR count). The van der Waals surface area contributed by atoms with Crippen LogP contribution in [0.25, 0.3) is 6.08 Å². The van der Waals surface area contributed by atoms with Crippen LogP contribution in [0.5, 0.6) is 28.7 Å². The van der Waals surface area contributed by atoms with Gasteiger partial charge >= 0.3 is 5.97 Å². The first-order valence-electron chi connectivity index (χ1n) is 17.3. The molecule has 59 heavy (non-hydrogen) atoms. The van der Waals surface area contributed by atoms with Crippen LogP contribution in [0.15, 0.2) is 96.7 Å². The highest BCUT2D eigenvalue weighted by Crippen LogP contribution is 2.40. The highest BCUT2D eigenvalue weighted by atomic mass is 16.5. The number of aromatic hydroxyl groups is 3. The van der Waals surface area contributed by atoms with Crippen LogP contribution >= 0.6 is 0 Å². The van der Waals surface area contributed by atoms with Gasteiger partial charge in [-0.25, -0.2) is 9.78 Å². The van der Waals surface area contributed by atoms with Crippen LogP contribution in [0.4, 0.5) is 22.7 Å². The van der Waals surface area contributed by atoms with Crippen molar-refractivity contribution in [2.75, 3.05) is 42.0 Å². The van der Waals surface area contributed by atoms with E-state index >= 15 is 0 Å². The number of carbonyl (C=O) groups excluding carboxylic acids is 5. The fraction of sp³-hybridized carbons (Fsp3) is 0.0976. The lowest BCUT2D eigenvalue weighted by Crippen LogP contribution is -2.32. The first-order chi connectivity index (χ1) is 28.2. The lowest BCUT2D eigenvalue weighted by Gasteiger charge is -2.16. The number of pyridine rings is 1. The maximum absolute atomic E-state index is 13.1. The number of carbonyl (C=O) groups is 6. The molecule has 4 aromatic carbocycles. The molecule has 0 aliphatic carbocycles. The molecule has 5 amide bonds. The predicted octanol–water partition coefficient (Wildman–Crippen LogP) is 4.83. The Hall–Kier alpha value is -8.41. The molecular weight excluding hydrogens is 768 g/mol. The molecule has 1 heterocycles. The van der Waals surface area contributed by atoms with E-state index < -0.39 is 53.2 Å². The second kappa shape index (κ2) is 18.5. The van der Waals surface area contributed by atoms with Crippen LogP contribution in [0, 0.1) is 0 Å². The summed E-state index contributed by atoms with van der Waals surface area (Å²) in [4.78, 5) is 79.3. The Morgan fingerprint density at radius 3 is 1.80 bits per heavy atom. The van der Waals surface area contributed by atoms with E-state index in [1.165, 1.54) is 80.0 Å². The Bertz CT molecular complexity index is 2470. The summed E-state index contributed by atoms with van der Waals surface area (Å²) >= 11 is 0. The Kier molecular flexibility index (Phi) is 13.1. The quantitative estimate of drug-likeness (QED) is 0.0682. The summed E-state index contributed by atoms with van der Waals surface area (Å²) in [6.45, 7) is 1.24. The lowest BCUT2D eigenvalue weighted by molar-refractivity contribution is -0.115. The van der Waals surface area contributed by atoms with Gasteiger partial charge in [0.15, 0.2) is 23.0 Å². The van der Waals surface area contributed by atoms with Gasteiger partial charge < -0.3 is 56.5 Å². The first-order valence-corrected chi connectivity index (χ1v) is 17.3. The number of aromatic carboxylic acids is 1. The van der Waals surface area contributed by atoms with Crippen molar-refractivity contribution < 1.29 is 58.7 Å². The summed E-state index contributed by atoms with van der Waals surface area (Å²) in [5, 5.41) is 52.5. The molecular formula is C41H36N6O12. The van der Waals surface area contributed by atoms with Crippen LogP contribution in [0.3, 0.4) is 0 Å². The Morgan fingerprint density at radius 1 is 0.644 bits per heavy atom. The fourth-order valence-corrected chi connectivity index (χ4v) is 5.37. The number of phenolic OH excluding ortho intramolecular Hbond substituents is 2. The number of hydrogen-bond acceptors (Lipinski definition) is 12. The Morgan fingerprint density at radius 2 is 1.22 bits per heavy atom. The average Bonchev–Trinajstić information content (AvgIpc) is 3.21. The van der Waals surface area contributed by atoms with Crippen molar-refractivity contribution in [3.63, 3.8) is 0 Å². The monoisotopic (exact) mass is 804 g/mol. The van der Waals surface area contributed by atoms with E-state index in [2.05, 4.69) is 31.6 Å². The molecule has 9 N–H and O–H groups in total. The normalized spacial score (nSPS) is 10.8. The number of ether oxygens (including phenoxy) is 2. The average molecular weight is 805 g/mol. The van der Waals surface area contributed by atoms with Gasteiger partial charge in [-0.3, -0.25) is 24.0 Å². The van der Waals surface area contributed by atoms with Crippen LogP contribution in [0.2, 0.25) is 0 Å². The third kappa shape index (κ3) is 10.3. The SMILES string of the molecule is COc1c(NC(=O)c2ccc(NC(=O)c3ccc(NC(=O)CNC(=O)c4ccc(NC(=O)/C(C)=C/c5ccc(O)cc5)cc4)cn3)c(OC)c2O)ccc(C(=O)O)c1O. The fourth-order valence-electron chi connectivity index (χ4n) is 5.37. The molecule has 0 saturated heterocycles. The summed E-state index contributed by atoms with van der Waals surface area (Å²) in [6, 6.07) is 19.8. The van der Waals surface area contributed by atoms with Crippen molar-refractivity contribution in [3.8, 4) is 28.7 Å². The van der Waals surface area contributed by atoms with Crippen molar-refractivity contribution in [1.82, 2.24) is 10.3 Å². The van der Waals surface area contributed by atoms with Crippen molar-refractivity contribution in [3.05, 3.63) is 125 Å². The number of nitrogens with one attached hydrogen (secondary N) is 5. The number of amides is 5. The van der Waals surface area contributed by atoms with Crippen LogP contribution < -0.4 is 36.1 Å². The second-order valence-corrected chi connectivity index (χ2v) is 12.4. The standard InChI is InChI=1S/C41H36N6O12/c1-21(18-22-4-11-26(48)12-5-22)37(52)45-24-8-6-23(7-9-24)38(53)43-20-32(49)44-25-10-15-31(42-19-25)40(55)47-30-16-13-27(33(50)35(30)58-2)39(54)46-29-17-14-28(41(56)57)34(51)36(29)59-3/h4-19,48,50-51H,20H2,1-3H3,(H,43,53)(H,44,49)(H,45,52)(H,46,54)(H,47,55)(H,56,57)/b21-18+. The minimum atomic E-state index is -1.42. The van der Waals surface area contributed by atoms with E-state index in [1.807, 2.05) is 0 Å². The van der Waals surface area contributed by atoms with Crippen LogP contribution in [0.1, 0.15) is 54.0 Å². The number of carboxylic acids is 1. The van der Waals surface area contributed by atoms with Crippen molar-refractivity contribution in [1.29, 1.82) is 0 Å². The molecule has 18 heteroatoms. The number of phenols is 3. The lowest BCUT2D eigenvalue weighted by atomic mass is 10.1. The molecule has 0 fully saturated rings. The topological polar surface area (TPSA) is 275 Å². The minimum Gasteiger partial charge on any atom is -0.508 e. The predicted molar refractivity (Wildman–Crippen MR) is 214 cm³/mol. The largest absolute Gasteiger partial charge is 0.508 e. The zero-order valence-corrected chi connectivity index (χ0v) is 31.4. The summed E-state index contributed by atoms with van der Waals surface area (Å²) in [5.41, 5.74) is 1.06. The van der Waals surface area contributed by atoms with Gasteiger partial charge in [0.25, 0.3) is 23.6 Å². The summed E-state index contributed by atoms with van der Waals surface area (Å²) in [5.74, 6) is -6.41. The third-order valence-electron chi connectivity index (χ3n) is 8.37. The molecule has 1 aromatic heterocycles. The zero-order valence-electron chi connectivity index (χ0n) is 31.4. The molecule has 0 atom stereocenters. The molecule has 5 aromatic rings. The summed E-state index contributed by atoms with van der Waals surface area (Å²) in [6.07, 6.45) is 2.87. The molecule has 0 aliphatic heterocycles. The van der Waals surface area contributed by atoms with Gasteiger partial charge in [0, 0.05) is 16.8 Å². The van der Waals surface area contributed by atoms with Gasteiger partial charge in [-0.05, 0) is 91.4 Å². The van der Waals surface area contributed by atoms with E-state index in [9.17, 15) is 49.2 Å². The maximum Gasteiger partial charge on any atom is 0.339 e. The van der Waals surface area contributed by atoms with Crippen molar-refractivity contribution in [2.24, 2.45) is 0 Å². The van der Waals surface area contributed by atoms with Gasteiger partial charge in [0.2, 0.25) is 5.91 Å². The van der Waals surface area contributed by atoms with Gasteiger partial charge in [-0.15, -0.1) is 0 Å². The summed E-state index contributed by atoms with van der Waals surface area (Å²) in [7, 11) is 2.35. The van der Waals surface area contributed by atoms with Crippen LogP contribution in [-0.4, -0.2) is 81.7 Å². The van der Waals surface area contributed by atoms with Gasteiger partial charge in [-0.1, -0.05) is 12.1 Å². The van der Waals surface area contributed by atoms with Gasteiger partial charge in [0.05, 0.1) is 49.6 Å². The minimum absolute atomic E-state index is 0.0314. The number of carboxylic acid groups (broad SMARTS) is 1. The maximum atomic E-state index is 13.1. The molecule has 0 aliphatic rings. The van der Waals surface area contributed by atoms with E-state index in [0.717, 1.165) is 18.7 Å². The third-order valence-corrected chi connectivity index (χ3v) is 8.37. The molecule has 0 saturated carbocycles. The van der Waals surface area contributed by atoms with E-state index in [4.69, 9.17) is 9.47 Å². The van der Waals surface area contributed by atoms with Crippen molar-refractivity contribution in [2.45, 2.75) is 6.92 Å². The Balaban J connectivity index is 1.12.